The number of anilines is 2. The van der Waals surface area contributed by atoms with Crippen LogP contribution in [-0.2, 0) is 4.74 Å². The second-order valence-corrected chi connectivity index (χ2v) is 6.83. The van der Waals surface area contributed by atoms with Crippen LogP contribution >= 0.6 is 11.8 Å². The van der Waals surface area contributed by atoms with E-state index in [0.717, 1.165) is 31.4 Å². The summed E-state index contributed by atoms with van der Waals surface area (Å²) in [5.74, 6) is -3.91. The van der Waals surface area contributed by atoms with E-state index in [9.17, 15) is 13.2 Å². The SMILES string of the molecule is CSc1nc(Nc2ccc(F)c(F)c2F)c2ncn(C3CCCCO3)c2n1. The van der Waals surface area contributed by atoms with Gasteiger partial charge in [-0.15, -0.1) is 0 Å². The molecule has 3 heterocycles. The summed E-state index contributed by atoms with van der Waals surface area (Å²) >= 11 is 1.30. The summed E-state index contributed by atoms with van der Waals surface area (Å²) < 4.78 is 48.4. The van der Waals surface area contributed by atoms with Crippen molar-refractivity contribution in [3.63, 3.8) is 0 Å². The fourth-order valence-corrected chi connectivity index (χ4v) is 3.34. The summed E-state index contributed by atoms with van der Waals surface area (Å²) in [7, 11) is 0. The monoisotopic (exact) mass is 395 g/mol. The first-order chi connectivity index (χ1) is 13.1. The molecule has 2 aromatic heterocycles. The number of benzene rings is 1. The van der Waals surface area contributed by atoms with Crippen molar-refractivity contribution in [3.8, 4) is 0 Å². The minimum absolute atomic E-state index is 0.179. The molecule has 3 aromatic rings. The number of aromatic nitrogens is 4. The molecule has 0 radical (unpaired) electrons. The van der Waals surface area contributed by atoms with Crippen LogP contribution in [0.5, 0.6) is 0 Å². The first-order valence-corrected chi connectivity index (χ1v) is 9.61. The molecule has 1 unspecified atom stereocenters. The molecule has 1 N–H and O–H groups in total. The molecule has 1 atom stereocenters. The molecule has 27 heavy (non-hydrogen) atoms. The Hall–Kier alpha value is -2.33. The number of nitrogens with one attached hydrogen (secondary N) is 1. The Labute approximate surface area is 157 Å². The van der Waals surface area contributed by atoms with E-state index in [1.165, 1.54) is 11.8 Å². The van der Waals surface area contributed by atoms with E-state index in [2.05, 4.69) is 20.3 Å². The number of fused-ring (bicyclic) bond motifs is 1. The first kappa shape index (κ1) is 18.1. The minimum atomic E-state index is -1.54. The molecule has 0 spiro atoms. The fourth-order valence-electron chi connectivity index (χ4n) is 2.98. The number of nitrogens with zero attached hydrogens (tertiary/aromatic N) is 4. The van der Waals surface area contributed by atoms with Crippen LogP contribution < -0.4 is 5.32 Å². The van der Waals surface area contributed by atoms with Crippen molar-refractivity contribution in [1.29, 1.82) is 0 Å². The van der Waals surface area contributed by atoms with Crippen LogP contribution in [0.2, 0.25) is 0 Å². The Kier molecular flexibility index (Phi) is 4.92. The van der Waals surface area contributed by atoms with Gasteiger partial charge in [0.25, 0.3) is 0 Å². The molecular formula is C17H16F3N5OS. The number of ether oxygens (including phenoxy) is 1. The highest BCUT2D eigenvalue weighted by Crippen LogP contribution is 2.31. The minimum Gasteiger partial charge on any atom is -0.358 e. The zero-order valence-corrected chi connectivity index (χ0v) is 15.2. The van der Waals surface area contributed by atoms with Crippen LogP contribution in [0.15, 0.2) is 23.6 Å². The van der Waals surface area contributed by atoms with Gasteiger partial charge in [-0.25, -0.2) is 28.1 Å². The fraction of sp³-hybridized carbons (Fsp3) is 0.353. The van der Waals surface area contributed by atoms with Crippen LogP contribution in [-0.4, -0.2) is 32.4 Å². The van der Waals surface area contributed by atoms with E-state index in [-0.39, 0.29) is 17.7 Å². The predicted octanol–water partition coefficient (Wildman–Crippen LogP) is 4.41. The first-order valence-electron chi connectivity index (χ1n) is 8.39. The predicted molar refractivity (Wildman–Crippen MR) is 95.5 cm³/mol. The number of halogens is 3. The number of hydrogen-bond acceptors (Lipinski definition) is 6. The highest BCUT2D eigenvalue weighted by Gasteiger charge is 2.22. The van der Waals surface area contributed by atoms with Crippen molar-refractivity contribution >= 4 is 34.4 Å². The van der Waals surface area contributed by atoms with Crippen LogP contribution in [0.3, 0.4) is 0 Å². The molecule has 0 bridgehead atoms. The molecule has 0 amide bonds. The van der Waals surface area contributed by atoms with E-state index < -0.39 is 17.5 Å². The highest BCUT2D eigenvalue weighted by atomic mass is 32.2. The van der Waals surface area contributed by atoms with Crippen molar-refractivity contribution in [2.24, 2.45) is 0 Å². The third kappa shape index (κ3) is 3.34. The highest BCUT2D eigenvalue weighted by molar-refractivity contribution is 7.98. The number of thioether (sulfide) groups is 1. The van der Waals surface area contributed by atoms with Crippen LogP contribution in [0.25, 0.3) is 11.2 Å². The van der Waals surface area contributed by atoms with Crippen molar-refractivity contribution in [2.45, 2.75) is 30.6 Å². The molecule has 6 nitrogen and oxygen atoms in total. The van der Waals surface area contributed by atoms with Gasteiger partial charge in [0, 0.05) is 6.61 Å². The standard InChI is InChI=1S/C17H16F3N5OS/c1-27-17-23-15(22-10-6-5-9(18)12(19)13(10)20)14-16(24-17)25(8-21-14)11-4-2-3-7-26-11/h5-6,8,11H,2-4,7H2,1H3,(H,22,23,24). The van der Waals surface area contributed by atoms with E-state index in [1.54, 1.807) is 12.6 Å². The molecule has 1 saturated heterocycles. The smallest absolute Gasteiger partial charge is 0.196 e. The van der Waals surface area contributed by atoms with Crippen LogP contribution in [0.1, 0.15) is 25.5 Å². The van der Waals surface area contributed by atoms with Crippen molar-refractivity contribution in [2.75, 3.05) is 18.2 Å². The second-order valence-electron chi connectivity index (χ2n) is 6.05. The largest absolute Gasteiger partial charge is 0.358 e. The Morgan fingerprint density at radius 2 is 2.04 bits per heavy atom. The van der Waals surface area contributed by atoms with Crippen molar-refractivity contribution in [1.82, 2.24) is 19.5 Å². The summed E-state index contributed by atoms with van der Waals surface area (Å²) in [6, 6.07) is 1.96. The molecule has 142 valence electrons. The van der Waals surface area contributed by atoms with Crippen LogP contribution in [0.4, 0.5) is 24.7 Å². The molecular weight excluding hydrogens is 379 g/mol. The normalized spacial score (nSPS) is 17.4. The number of hydrogen-bond donors (Lipinski definition) is 1. The maximum Gasteiger partial charge on any atom is 0.196 e. The van der Waals surface area contributed by atoms with Gasteiger partial charge in [-0.05, 0) is 37.7 Å². The third-order valence-electron chi connectivity index (χ3n) is 4.34. The van der Waals surface area contributed by atoms with E-state index in [4.69, 9.17) is 4.74 Å². The summed E-state index contributed by atoms with van der Waals surface area (Å²) in [5.41, 5.74) is 0.697. The molecule has 0 aliphatic carbocycles. The molecule has 10 heteroatoms. The van der Waals surface area contributed by atoms with Gasteiger partial charge >= 0.3 is 0 Å². The Morgan fingerprint density at radius 3 is 2.78 bits per heavy atom. The quantitative estimate of drug-likeness (QED) is 0.401. The van der Waals surface area contributed by atoms with E-state index in [1.807, 2.05) is 4.57 Å². The van der Waals surface area contributed by atoms with E-state index >= 15 is 0 Å². The Bertz CT molecular complexity index is 990. The summed E-state index contributed by atoms with van der Waals surface area (Å²) in [6.07, 6.45) is 6.12. The van der Waals surface area contributed by atoms with Gasteiger partial charge in [-0.1, -0.05) is 11.8 Å². The van der Waals surface area contributed by atoms with Gasteiger partial charge in [0.05, 0.1) is 12.0 Å². The lowest BCUT2D eigenvalue weighted by Gasteiger charge is -2.23. The third-order valence-corrected chi connectivity index (χ3v) is 4.89. The van der Waals surface area contributed by atoms with Gasteiger partial charge < -0.3 is 10.1 Å². The Balaban J connectivity index is 1.78. The summed E-state index contributed by atoms with van der Waals surface area (Å²) in [4.78, 5) is 13.1. The van der Waals surface area contributed by atoms with Gasteiger partial charge in [-0.2, -0.15) is 0 Å². The lowest BCUT2D eigenvalue weighted by Crippen LogP contribution is -2.17. The van der Waals surface area contributed by atoms with E-state index in [0.29, 0.717) is 22.9 Å². The van der Waals surface area contributed by atoms with Gasteiger partial charge in [0.1, 0.15) is 6.23 Å². The van der Waals surface area contributed by atoms with Gasteiger partial charge in [0.2, 0.25) is 0 Å². The second kappa shape index (κ2) is 7.35. The topological polar surface area (TPSA) is 64.9 Å². The number of imidazole rings is 1. The van der Waals surface area contributed by atoms with Crippen molar-refractivity contribution < 1.29 is 17.9 Å². The van der Waals surface area contributed by atoms with Crippen molar-refractivity contribution in [3.05, 3.63) is 35.9 Å². The molecule has 1 aromatic carbocycles. The summed E-state index contributed by atoms with van der Waals surface area (Å²) in [6.45, 7) is 0.663. The molecule has 4 rings (SSSR count). The molecule has 1 aliphatic rings. The average Bonchev–Trinajstić information content (AvgIpc) is 3.13. The zero-order chi connectivity index (χ0) is 19.0. The lowest BCUT2D eigenvalue weighted by atomic mass is 10.2. The maximum absolute atomic E-state index is 14.1. The maximum atomic E-state index is 14.1. The van der Waals surface area contributed by atoms with Gasteiger partial charge in [-0.3, -0.25) is 4.57 Å². The lowest BCUT2D eigenvalue weighted by molar-refractivity contribution is -0.0298. The molecule has 1 aliphatic heterocycles. The average molecular weight is 395 g/mol. The van der Waals surface area contributed by atoms with Crippen LogP contribution in [0, 0.1) is 17.5 Å². The Morgan fingerprint density at radius 1 is 1.19 bits per heavy atom. The van der Waals surface area contributed by atoms with Gasteiger partial charge in [0.15, 0.2) is 39.6 Å². The number of rotatable bonds is 4. The molecule has 1 fully saturated rings. The molecule has 0 saturated carbocycles. The zero-order valence-electron chi connectivity index (χ0n) is 14.4. The summed E-state index contributed by atoms with van der Waals surface area (Å²) in [5, 5.41) is 3.15.